The molecule has 3 aliphatic heterocycles. The fourth-order valence-electron chi connectivity index (χ4n) is 7.05. The average Bonchev–Trinajstić information content (AvgIpc) is 3.32. The van der Waals surface area contributed by atoms with Gasteiger partial charge < -0.3 is 33.5 Å². The molecule has 10 atom stereocenters. The van der Waals surface area contributed by atoms with Crippen molar-refractivity contribution in [1.29, 1.82) is 0 Å². The predicted molar refractivity (Wildman–Crippen MR) is 105 cm³/mol. The topological polar surface area (TPSA) is 110 Å². The highest BCUT2D eigenvalue weighted by atomic mass is 16.7. The molecule has 0 radical (unpaired) electrons. The van der Waals surface area contributed by atoms with Crippen LogP contribution in [0.3, 0.4) is 0 Å². The Labute approximate surface area is 182 Å². The highest BCUT2D eigenvalue weighted by Crippen LogP contribution is 2.73. The average molecular weight is 443 g/mol. The van der Waals surface area contributed by atoms with E-state index in [1.165, 1.54) is 7.11 Å². The summed E-state index contributed by atoms with van der Waals surface area (Å²) in [5, 5.41) is 10.3. The number of carbonyl (C=O) groups is 2. The third-order valence-corrected chi connectivity index (χ3v) is 8.25. The Morgan fingerprint density at radius 1 is 1.26 bits per heavy atom. The van der Waals surface area contributed by atoms with Gasteiger partial charge >= 0.3 is 5.97 Å². The van der Waals surface area contributed by atoms with Crippen LogP contribution in [0.15, 0.2) is 0 Å². The van der Waals surface area contributed by atoms with E-state index in [2.05, 4.69) is 20.8 Å². The number of ether oxygens (including phenoxy) is 6. The lowest BCUT2D eigenvalue weighted by atomic mass is 9.54. The van der Waals surface area contributed by atoms with Crippen molar-refractivity contribution in [2.45, 2.75) is 77.5 Å². The Balaban J connectivity index is 1.86. The van der Waals surface area contributed by atoms with E-state index >= 15 is 0 Å². The van der Waals surface area contributed by atoms with Gasteiger partial charge in [0.2, 0.25) is 6.29 Å². The second-order valence-electron chi connectivity index (χ2n) is 10.5. The maximum Gasteiger partial charge on any atom is 0.338 e. The van der Waals surface area contributed by atoms with E-state index in [9.17, 15) is 14.7 Å². The van der Waals surface area contributed by atoms with Gasteiger partial charge in [0.15, 0.2) is 12.4 Å². The van der Waals surface area contributed by atoms with Gasteiger partial charge in [-0.15, -0.1) is 0 Å². The van der Waals surface area contributed by atoms with Crippen LogP contribution in [-0.4, -0.2) is 75.4 Å². The fraction of sp³-hybridized carbons (Fsp3) is 0.909. The molecule has 1 aliphatic carbocycles. The number of aliphatic hydroxyl groups excluding tert-OH is 1. The molecule has 3 saturated heterocycles. The maximum absolute atomic E-state index is 12.9. The minimum absolute atomic E-state index is 0.0985. The van der Waals surface area contributed by atoms with Crippen LogP contribution in [0.2, 0.25) is 0 Å². The first kappa shape index (κ1) is 22.9. The molecule has 31 heavy (non-hydrogen) atoms. The number of esters is 1. The summed E-state index contributed by atoms with van der Waals surface area (Å²) in [4.78, 5) is 24.4. The zero-order chi connectivity index (χ0) is 22.8. The van der Waals surface area contributed by atoms with Crippen molar-refractivity contribution in [3.63, 3.8) is 0 Å². The minimum atomic E-state index is -0.967. The summed E-state index contributed by atoms with van der Waals surface area (Å²) in [7, 11) is 3.08. The Bertz CT molecular complexity index is 720. The van der Waals surface area contributed by atoms with Gasteiger partial charge in [0.25, 0.3) is 6.47 Å². The fourth-order valence-corrected chi connectivity index (χ4v) is 7.05. The normalized spacial score (nSPS) is 49.1. The lowest BCUT2D eigenvalue weighted by molar-refractivity contribution is -0.166. The first-order valence-electron chi connectivity index (χ1n) is 10.9. The molecule has 9 heteroatoms. The SMILES string of the molecule is CO[C@H]1C(CC23COC4OC(=O)[C@H](OC)C42[C@H](C(C)(C)C)CC3OC=O)O[C@H](O)C1C. The molecule has 0 bridgehead atoms. The number of methoxy groups -OCH3 is 2. The van der Waals surface area contributed by atoms with Gasteiger partial charge in [0, 0.05) is 25.6 Å². The zero-order valence-corrected chi connectivity index (χ0v) is 19.0. The summed E-state index contributed by atoms with van der Waals surface area (Å²) >= 11 is 0. The van der Waals surface area contributed by atoms with Gasteiger partial charge in [-0.25, -0.2) is 4.79 Å². The number of aliphatic hydroxyl groups is 1. The van der Waals surface area contributed by atoms with E-state index in [1.807, 2.05) is 6.92 Å². The third-order valence-electron chi connectivity index (χ3n) is 8.25. The van der Waals surface area contributed by atoms with Crippen LogP contribution in [-0.2, 0) is 38.0 Å². The molecule has 0 aromatic rings. The Morgan fingerprint density at radius 3 is 2.55 bits per heavy atom. The van der Waals surface area contributed by atoms with E-state index in [-0.39, 0.29) is 30.0 Å². The summed E-state index contributed by atoms with van der Waals surface area (Å²) < 4.78 is 34.8. The number of rotatable bonds is 6. The molecule has 0 aromatic carbocycles. The second-order valence-corrected chi connectivity index (χ2v) is 10.5. The van der Waals surface area contributed by atoms with E-state index in [0.29, 0.717) is 19.3 Å². The van der Waals surface area contributed by atoms with Crippen LogP contribution in [0.1, 0.15) is 40.5 Å². The first-order valence-corrected chi connectivity index (χ1v) is 10.9. The molecular weight excluding hydrogens is 408 g/mol. The van der Waals surface area contributed by atoms with Crippen molar-refractivity contribution in [3.8, 4) is 0 Å². The summed E-state index contributed by atoms with van der Waals surface area (Å²) in [5.41, 5.74) is -1.94. The third kappa shape index (κ3) is 2.93. The van der Waals surface area contributed by atoms with Gasteiger partial charge in [-0.3, -0.25) is 4.79 Å². The van der Waals surface area contributed by atoms with Crippen LogP contribution in [0, 0.1) is 28.1 Å². The van der Waals surface area contributed by atoms with Crippen LogP contribution in [0.4, 0.5) is 0 Å². The Kier molecular flexibility index (Phi) is 5.66. The van der Waals surface area contributed by atoms with Crippen molar-refractivity contribution >= 4 is 12.4 Å². The van der Waals surface area contributed by atoms with Crippen molar-refractivity contribution in [1.82, 2.24) is 0 Å². The second kappa shape index (κ2) is 7.66. The van der Waals surface area contributed by atoms with Crippen LogP contribution < -0.4 is 0 Å². The summed E-state index contributed by atoms with van der Waals surface area (Å²) in [6.07, 6.45) is -3.09. The van der Waals surface area contributed by atoms with E-state index in [1.54, 1.807) is 7.11 Å². The van der Waals surface area contributed by atoms with Crippen LogP contribution in [0.25, 0.3) is 0 Å². The molecule has 1 N–H and O–H groups in total. The van der Waals surface area contributed by atoms with Gasteiger partial charge in [-0.2, -0.15) is 0 Å². The molecule has 3 heterocycles. The van der Waals surface area contributed by atoms with Gasteiger partial charge in [0.05, 0.1) is 24.2 Å². The van der Waals surface area contributed by atoms with E-state index < -0.39 is 47.7 Å². The molecule has 9 nitrogen and oxygen atoms in total. The predicted octanol–water partition coefficient (Wildman–Crippen LogP) is 1.25. The minimum Gasteiger partial charge on any atom is -0.464 e. The van der Waals surface area contributed by atoms with Crippen molar-refractivity contribution in [2.75, 3.05) is 20.8 Å². The smallest absolute Gasteiger partial charge is 0.338 e. The molecule has 0 aromatic heterocycles. The summed E-state index contributed by atoms with van der Waals surface area (Å²) in [6.45, 7) is 8.84. The largest absolute Gasteiger partial charge is 0.464 e. The molecule has 176 valence electrons. The molecule has 1 saturated carbocycles. The molecule has 4 fully saturated rings. The lowest BCUT2D eigenvalue weighted by Gasteiger charge is -2.48. The maximum atomic E-state index is 12.9. The number of carbonyl (C=O) groups excluding carboxylic acids is 2. The van der Waals surface area contributed by atoms with Crippen molar-refractivity contribution < 1.29 is 43.1 Å². The van der Waals surface area contributed by atoms with Crippen LogP contribution >= 0.6 is 0 Å². The first-order chi connectivity index (χ1) is 14.6. The number of hydrogen-bond donors (Lipinski definition) is 1. The van der Waals surface area contributed by atoms with Gasteiger partial charge in [0.1, 0.15) is 6.10 Å². The van der Waals surface area contributed by atoms with E-state index in [4.69, 9.17) is 28.4 Å². The highest BCUT2D eigenvalue weighted by Gasteiger charge is 2.82. The molecule has 0 amide bonds. The summed E-state index contributed by atoms with van der Waals surface area (Å²) in [5.74, 6) is -0.800. The van der Waals surface area contributed by atoms with Crippen molar-refractivity contribution in [3.05, 3.63) is 0 Å². The zero-order valence-electron chi connectivity index (χ0n) is 19.0. The number of hydrogen-bond acceptors (Lipinski definition) is 9. The summed E-state index contributed by atoms with van der Waals surface area (Å²) in [6, 6.07) is 0. The quantitative estimate of drug-likeness (QED) is 0.480. The van der Waals surface area contributed by atoms with E-state index in [0.717, 1.165) is 0 Å². The Morgan fingerprint density at radius 2 is 1.97 bits per heavy atom. The standard InChI is InChI=1S/C22H34O9/c1-11-15(26-5)12(30-17(11)24)8-21-9-28-19-22(21,16(27-6)18(25)31-19)13(20(2,3)4)7-14(21)29-10-23/h10-17,19,24H,7-9H2,1-6H3/t11?,12?,13-,14?,15+,16-,17-,19?,21?,22?/m0/s1. The molecular formula is C22H34O9. The lowest BCUT2D eigenvalue weighted by Crippen LogP contribution is -2.57. The molecule has 6 unspecified atom stereocenters. The molecule has 4 aliphatic rings. The van der Waals surface area contributed by atoms with Gasteiger partial charge in [-0.1, -0.05) is 27.7 Å². The Hall–Kier alpha value is -1.26. The van der Waals surface area contributed by atoms with Gasteiger partial charge in [-0.05, 0) is 24.2 Å². The van der Waals surface area contributed by atoms with Crippen molar-refractivity contribution in [2.24, 2.45) is 28.1 Å². The molecule has 1 spiro atoms. The van der Waals surface area contributed by atoms with Crippen LogP contribution in [0.5, 0.6) is 0 Å². The highest BCUT2D eigenvalue weighted by molar-refractivity contribution is 5.79. The monoisotopic (exact) mass is 442 g/mol. The molecule has 4 rings (SSSR count).